The quantitative estimate of drug-likeness (QED) is 0.725. The van der Waals surface area contributed by atoms with Crippen LogP contribution in [0.15, 0.2) is 30.3 Å². The fourth-order valence-corrected chi connectivity index (χ4v) is 2.05. The van der Waals surface area contributed by atoms with Crippen LogP contribution < -0.4 is 10.5 Å². The molecule has 2 atom stereocenters. The van der Waals surface area contributed by atoms with Gasteiger partial charge in [-0.15, -0.1) is 0 Å². The predicted octanol–water partition coefficient (Wildman–Crippen LogP) is 1.66. The fraction of sp³-hybridized carbons (Fsp3) is 0.500. The summed E-state index contributed by atoms with van der Waals surface area (Å²) in [4.78, 5) is 0. The molecule has 0 aromatic heterocycles. The molecule has 1 fully saturated rings. The average Bonchev–Trinajstić information content (AvgIpc) is 2.18. The van der Waals surface area contributed by atoms with E-state index in [9.17, 15) is 5.11 Å². The first-order valence-corrected chi connectivity index (χ1v) is 5.40. The molecule has 82 valence electrons. The zero-order valence-corrected chi connectivity index (χ0v) is 8.73. The van der Waals surface area contributed by atoms with Gasteiger partial charge in [-0.2, -0.15) is 0 Å². The summed E-state index contributed by atoms with van der Waals surface area (Å²) in [5.41, 5.74) is 5.82. The van der Waals surface area contributed by atoms with Crippen molar-refractivity contribution in [2.45, 2.75) is 37.5 Å². The highest BCUT2D eigenvalue weighted by Gasteiger charge is 2.34. The molecule has 0 aliphatic heterocycles. The molecule has 1 saturated carbocycles. The van der Waals surface area contributed by atoms with E-state index in [2.05, 4.69) is 0 Å². The first-order valence-electron chi connectivity index (χ1n) is 5.40. The van der Waals surface area contributed by atoms with Crippen LogP contribution in [0.25, 0.3) is 0 Å². The minimum absolute atomic E-state index is 0.0486. The van der Waals surface area contributed by atoms with Crippen molar-refractivity contribution in [3.63, 3.8) is 0 Å². The summed E-state index contributed by atoms with van der Waals surface area (Å²) >= 11 is 0. The number of nitrogens with two attached hydrogens (primary N) is 1. The molecule has 3 heteroatoms. The number of rotatable bonds is 2. The van der Waals surface area contributed by atoms with Crippen LogP contribution in [0.4, 0.5) is 0 Å². The monoisotopic (exact) mass is 207 g/mol. The molecule has 2 rings (SSSR count). The lowest BCUT2D eigenvalue weighted by Crippen LogP contribution is -2.45. The van der Waals surface area contributed by atoms with Gasteiger partial charge in [-0.1, -0.05) is 18.2 Å². The molecule has 1 aromatic rings. The molecule has 0 radical (unpaired) electrons. The van der Waals surface area contributed by atoms with E-state index in [1.165, 1.54) is 0 Å². The molecule has 1 aliphatic carbocycles. The minimum atomic E-state index is -1.07. The number of ether oxygens (including phenoxy) is 1. The van der Waals surface area contributed by atoms with E-state index in [0.29, 0.717) is 18.6 Å². The van der Waals surface area contributed by atoms with Gasteiger partial charge in [0.25, 0.3) is 0 Å². The maximum absolute atomic E-state index is 10.2. The lowest BCUT2D eigenvalue weighted by Gasteiger charge is -2.35. The Balaban J connectivity index is 2.04. The minimum Gasteiger partial charge on any atom is -0.463 e. The van der Waals surface area contributed by atoms with E-state index < -0.39 is 5.79 Å². The SMILES string of the molecule is NC1CCCC(O)(Oc2ccccc2)C1. The standard InChI is InChI=1S/C12H17NO2/c13-10-5-4-8-12(14,9-10)15-11-6-2-1-3-7-11/h1-3,6-7,10,14H,4-5,8-9,13H2. The molecule has 0 heterocycles. The van der Waals surface area contributed by atoms with Crippen LogP contribution in [0.3, 0.4) is 0 Å². The van der Waals surface area contributed by atoms with E-state index in [1.807, 2.05) is 30.3 Å². The normalized spacial score (nSPS) is 31.2. The van der Waals surface area contributed by atoms with Crippen molar-refractivity contribution in [3.05, 3.63) is 30.3 Å². The number of benzene rings is 1. The summed E-state index contributed by atoms with van der Waals surface area (Å²) in [5, 5.41) is 10.2. The second-order valence-corrected chi connectivity index (χ2v) is 4.22. The van der Waals surface area contributed by atoms with Gasteiger partial charge in [0.15, 0.2) is 0 Å². The van der Waals surface area contributed by atoms with Crippen LogP contribution in [-0.4, -0.2) is 16.9 Å². The van der Waals surface area contributed by atoms with E-state index in [0.717, 1.165) is 12.8 Å². The van der Waals surface area contributed by atoms with Gasteiger partial charge in [0.05, 0.1) is 0 Å². The summed E-state index contributed by atoms with van der Waals surface area (Å²) in [6.07, 6.45) is 3.07. The topological polar surface area (TPSA) is 55.5 Å². The molecule has 1 aromatic carbocycles. The summed E-state index contributed by atoms with van der Waals surface area (Å²) in [5.74, 6) is -0.368. The molecule has 0 spiro atoms. The lowest BCUT2D eigenvalue weighted by molar-refractivity contribution is -0.162. The highest BCUT2D eigenvalue weighted by molar-refractivity contribution is 5.21. The Hall–Kier alpha value is -1.06. The third-order valence-electron chi connectivity index (χ3n) is 2.77. The van der Waals surface area contributed by atoms with Gasteiger partial charge >= 0.3 is 0 Å². The van der Waals surface area contributed by atoms with Crippen molar-refractivity contribution >= 4 is 0 Å². The Morgan fingerprint density at radius 2 is 2.07 bits per heavy atom. The van der Waals surface area contributed by atoms with Crippen molar-refractivity contribution in [1.29, 1.82) is 0 Å². The largest absolute Gasteiger partial charge is 0.463 e. The summed E-state index contributed by atoms with van der Waals surface area (Å²) in [6, 6.07) is 9.44. The van der Waals surface area contributed by atoms with Gasteiger partial charge < -0.3 is 15.6 Å². The van der Waals surface area contributed by atoms with Crippen molar-refractivity contribution in [2.75, 3.05) is 0 Å². The molecular weight excluding hydrogens is 190 g/mol. The highest BCUT2D eigenvalue weighted by atomic mass is 16.6. The number of hydrogen-bond donors (Lipinski definition) is 2. The van der Waals surface area contributed by atoms with Crippen LogP contribution in [-0.2, 0) is 0 Å². The molecule has 0 saturated heterocycles. The number of aliphatic hydroxyl groups is 1. The van der Waals surface area contributed by atoms with Crippen molar-refractivity contribution < 1.29 is 9.84 Å². The molecule has 2 unspecified atom stereocenters. The van der Waals surface area contributed by atoms with E-state index in [4.69, 9.17) is 10.5 Å². The van der Waals surface area contributed by atoms with Gasteiger partial charge in [0, 0.05) is 18.9 Å². The second kappa shape index (κ2) is 4.21. The molecule has 3 N–H and O–H groups in total. The average molecular weight is 207 g/mol. The molecule has 15 heavy (non-hydrogen) atoms. The molecule has 1 aliphatic rings. The van der Waals surface area contributed by atoms with Crippen molar-refractivity contribution in [2.24, 2.45) is 5.73 Å². The second-order valence-electron chi connectivity index (χ2n) is 4.22. The van der Waals surface area contributed by atoms with Gasteiger partial charge in [-0.05, 0) is 25.0 Å². The first-order chi connectivity index (χ1) is 7.18. The zero-order chi connectivity index (χ0) is 10.7. The Bertz CT molecular complexity index is 315. The highest BCUT2D eigenvalue weighted by Crippen LogP contribution is 2.30. The summed E-state index contributed by atoms with van der Waals surface area (Å²) in [7, 11) is 0. The smallest absolute Gasteiger partial charge is 0.209 e. The van der Waals surface area contributed by atoms with Gasteiger partial charge in [-0.25, -0.2) is 0 Å². The maximum atomic E-state index is 10.2. The van der Waals surface area contributed by atoms with Gasteiger partial charge in [-0.3, -0.25) is 0 Å². The Morgan fingerprint density at radius 1 is 1.33 bits per heavy atom. The molecule has 0 bridgehead atoms. The molecular formula is C12H17NO2. The van der Waals surface area contributed by atoms with Gasteiger partial charge in [0.2, 0.25) is 5.79 Å². The predicted molar refractivity (Wildman–Crippen MR) is 58.5 cm³/mol. The zero-order valence-electron chi connectivity index (χ0n) is 8.73. The third-order valence-corrected chi connectivity index (χ3v) is 2.77. The van der Waals surface area contributed by atoms with Gasteiger partial charge in [0.1, 0.15) is 5.75 Å². The Labute approximate surface area is 89.9 Å². The van der Waals surface area contributed by atoms with Crippen LogP contribution in [0.1, 0.15) is 25.7 Å². The Morgan fingerprint density at radius 3 is 2.73 bits per heavy atom. The third kappa shape index (κ3) is 2.70. The van der Waals surface area contributed by atoms with Crippen molar-refractivity contribution in [3.8, 4) is 5.75 Å². The fourth-order valence-electron chi connectivity index (χ4n) is 2.05. The van der Waals surface area contributed by atoms with Crippen molar-refractivity contribution in [1.82, 2.24) is 0 Å². The van der Waals surface area contributed by atoms with Crippen LogP contribution in [0, 0.1) is 0 Å². The maximum Gasteiger partial charge on any atom is 0.209 e. The van der Waals surface area contributed by atoms with E-state index >= 15 is 0 Å². The van der Waals surface area contributed by atoms with Crippen LogP contribution in [0.2, 0.25) is 0 Å². The first kappa shape index (κ1) is 10.5. The Kier molecular flexibility index (Phi) is 2.93. The molecule has 0 amide bonds. The number of hydrogen-bond acceptors (Lipinski definition) is 3. The lowest BCUT2D eigenvalue weighted by atomic mass is 9.90. The van der Waals surface area contributed by atoms with E-state index in [-0.39, 0.29) is 6.04 Å². The summed E-state index contributed by atoms with van der Waals surface area (Å²) in [6.45, 7) is 0. The molecule has 3 nitrogen and oxygen atoms in total. The van der Waals surface area contributed by atoms with E-state index in [1.54, 1.807) is 0 Å². The summed E-state index contributed by atoms with van der Waals surface area (Å²) < 4.78 is 5.59. The van der Waals surface area contributed by atoms with Crippen LogP contribution in [0.5, 0.6) is 5.75 Å². The van der Waals surface area contributed by atoms with Crippen LogP contribution >= 0.6 is 0 Å². The number of para-hydroxylation sites is 1.